The van der Waals surface area contributed by atoms with Crippen LogP contribution < -0.4 is 5.32 Å². The molecular weight excluding hydrogens is 277 g/mol. The molecule has 0 aromatic rings. The number of nitrogens with zero attached hydrogens (tertiary/aromatic N) is 1. The molecule has 5 heteroatoms. The van der Waals surface area contributed by atoms with E-state index in [2.05, 4.69) is 10.2 Å². The maximum atomic E-state index is 12.8. The zero-order valence-corrected chi connectivity index (χ0v) is 12.7. The number of rotatable bonds is 1. The zero-order valence-electron chi connectivity index (χ0n) is 12.7. The molecule has 1 N–H and O–H groups in total. The third-order valence-corrected chi connectivity index (χ3v) is 5.98. The van der Waals surface area contributed by atoms with Crippen molar-refractivity contribution in [2.24, 2.45) is 5.92 Å². The fourth-order valence-corrected chi connectivity index (χ4v) is 4.82. The Morgan fingerprint density at radius 1 is 0.952 bits per heavy atom. The first kappa shape index (κ1) is 15.6. The van der Waals surface area contributed by atoms with Gasteiger partial charge in [0.15, 0.2) is 0 Å². The Balaban J connectivity index is 1.65. The van der Waals surface area contributed by atoms with Crippen LogP contribution in [-0.4, -0.2) is 42.3 Å². The Bertz CT molecular complexity index is 334. The van der Waals surface area contributed by atoms with Crippen LogP contribution in [0.2, 0.25) is 0 Å². The Hall–Kier alpha value is -0.290. The molecule has 0 bridgehead atoms. The molecule has 0 atom stereocenters. The highest BCUT2D eigenvalue weighted by Crippen LogP contribution is 2.43. The quantitative estimate of drug-likeness (QED) is 0.794. The summed E-state index contributed by atoms with van der Waals surface area (Å²) >= 11 is 0. The second-order valence-corrected chi connectivity index (χ2v) is 7.20. The smallest absolute Gasteiger partial charge is 0.314 e. The Morgan fingerprint density at radius 2 is 1.62 bits per heavy atom. The van der Waals surface area contributed by atoms with Crippen molar-refractivity contribution in [2.45, 2.75) is 75.5 Å². The van der Waals surface area contributed by atoms with E-state index in [1.54, 1.807) is 0 Å². The van der Waals surface area contributed by atoms with Gasteiger partial charge in [0, 0.05) is 31.2 Å². The normalized spacial score (nSPS) is 35.0. The summed E-state index contributed by atoms with van der Waals surface area (Å²) in [5, 5.41) is 3.53. The fraction of sp³-hybridized carbons (Fsp3) is 1.00. The molecule has 21 heavy (non-hydrogen) atoms. The number of halogens is 3. The van der Waals surface area contributed by atoms with Crippen molar-refractivity contribution in [3.8, 4) is 0 Å². The lowest BCUT2D eigenvalue weighted by Gasteiger charge is -2.54. The number of alkyl halides is 3. The summed E-state index contributed by atoms with van der Waals surface area (Å²) in [5.74, 6) is -1.06. The van der Waals surface area contributed by atoms with Gasteiger partial charge in [-0.05, 0) is 38.5 Å². The minimum absolute atomic E-state index is 0.242. The molecule has 3 rings (SSSR count). The Labute approximate surface area is 125 Å². The molecule has 3 fully saturated rings. The zero-order chi connectivity index (χ0) is 14.9. The highest BCUT2D eigenvalue weighted by Gasteiger charge is 2.46. The largest absolute Gasteiger partial charge is 0.391 e. The van der Waals surface area contributed by atoms with Gasteiger partial charge in [0.05, 0.1) is 5.92 Å². The lowest BCUT2D eigenvalue weighted by atomic mass is 9.76. The van der Waals surface area contributed by atoms with Gasteiger partial charge in [-0.2, -0.15) is 13.2 Å². The third kappa shape index (κ3) is 3.24. The molecule has 0 aromatic heterocycles. The summed E-state index contributed by atoms with van der Waals surface area (Å²) in [6.45, 7) is 3.04. The maximum absolute atomic E-state index is 12.8. The van der Waals surface area contributed by atoms with Crippen molar-refractivity contribution in [3.63, 3.8) is 0 Å². The predicted octanol–water partition coefficient (Wildman–Crippen LogP) is 3.72. The lowest BCUT2D eigenvalue weighted by Crippen LogP contribution is -2.65. The van der Waals surface area contributed by atoms with Crippen LogP contribution in [0.5, 0.6) is 0 Å². The molecule has 1 aliphatic heterocycles. The summed E-state index contributed by atoms with van der Waals surface area (Å²) < 4.78 is 38.5. The van der Waals surface area contributed by atoms with Gasteiger partial charge in [-0.1, -0.05) is 19.3 Å². The predicted molar refractivity (Wildman–Crippen MR) is 77.2 cm³/mol. The molecule has 0 unspecified atom stereocenters. The molecule has 0 aromatic carbocycles. The highest BCUT2D eigenvalue weighted by atomic mass is 19.4. The summed E-state index contributed by atoms with van der Waals surface area (Å²) in [6.07, 6.45) is 4.43. The average Bonchev–Trinajstić information content (AvgIpc) is 2.48. The minimum atomic E-state index is -3.99. The van der Waals surface area contributed by atoms with E-state index >= 15 is 0 Å². The van der Waals surface area contributed by atoms with Crippen LogP contribution in [-0.2, 0) is 0 Å². The van der Waals surface area contributed by atoms with Crippen LogP contribution >= 0.6 is 0 Å². The van der Waals surface area contributed by atoms with Crippen LogP contribution in [0.25, 0.3) is 0 Å². The summed E-state index contributed by atoms with van der Waals surface area (Å²) in [5.41, 5.74) is 0.242. The van der Waals surface area contributed by atoms with Crippen molar-refractivity contribution >= 4 is 0 Å². The van der Waals surface area contributed by atoms with Gasteiger partial charge in [0.1, 0.15) is 0 Å². The van der Waals surface area contributed by atoms with E-state index in [-0.39, 0.29) is 5.54 Å². The number of nitrogens with one attached hydrogen (secondary N) is 1. The molecule has 1 spiro atoms. The second-order valence-electron chi connectivity index (χ2n) is 7.20. The molecule has 1 heterocycles. The van der Waals surface area contributed by atoms with Crippen LogP contribution in [0.1, 0.15) is 57.8 Å². The van der Waals surface area contributed by atoms with Gasteiger partial charge in [0.2, 0.25) is 0 Å². The topological polar surface area (TPSA) is 15.3 Å². The van der Waals surface area contributed by atoms with Gasteiger partial charge >= 0.3 is 6.18 Å². The van der Waals surface area contributed by atoms with E-state index in [0.29, 0.717) is 18.9 Å². The molecule has 2 nitrogen and oxygen atoms in total. The first-order chi connectivity index (χ1) is 10.0. The van der Waals surface area contributed by atoms with E-state index in [9.17, 15) is 13.2 Å². The van der Waals surface area contributed by atoms with Crippen molar-refractivity contribution < 1.29 is 13.2 Å². The Morgan fingerprint density at radius 3 is 2.24 bits per heavy atom. The standard InChI is InChI=1S/C16H27F3N2/c17-16(18,19)13-4-6-14(7-5-13)21-11-10-20-12-15(21)8-2-1-3-9-15/h13-14,20H,1-12H2. The molecule has 2 aliphatic carbocycles. The molecule has 1 saturated heterocycles. The lowest BCUT2D eigenvalue weighted by molar-refractivity contribution is -0.186. The van der Waals surface area contributed by atoms with Crippen LogP contribution in [0, 0.1) is 5.92 Å². The Kier molecular flexibility index (Phi) is 4.51. The second kappa shape index (κ2) is 6.07. The third-order valence-electron chi connectivity index (χ3n) is 5.98. The van der Waals surface area contributed by atoms with Gasteiger partial charge in [-0.3, -0.25) is 4.90 Å². The molecule has 2 saturated carbocycles. The monoisotopic (exact) mass is 304 g/mol. The van der Waals surface area contributed by atoms with Crippen LogP contribution in [0.4, 0.5) is 13.2 Å². The SMILES string of the molecule is FC(F)(F)C1CCC(N2CCNCC23CCCCC3)CC1. The highest BCUT2D eigenvalue weighted by molar-refractivity contribution is 5.01. The van der Waals surface area contributed by atoms with Crippen molar-refractivity contribution in [1.82, 2.24) is 10.2 Å². The van der Waals surface area contributed by atoms with Crippen LogP contribution in [0.3, 0.4) is 0 Å². The molecule has 3 aliphatic rings. The molecule has 0 amide bonds. The molecular formula is C16H27F3N2. The summed E-state index contributed by atoms with van der Waals surface area (Å²) in [6, 6.07) is 0.379. The average molecular weight is 304 g/mol. The van der Waals surface area contributed by atoms with Gasteiger partial charge < -0.3 is 5.32 Å². The van der Waals surface area contributed by atoms with E-state index in [4.69, 9.17) is 0 Å². The van der Waals surface area contributed by atoms with E-state index in [1.807, 2.05) is 0 Å². The van der Waals surface area contributed by atoms with Crippen molar-refractivity contribution in [1.29, 1.82) is 0 Å². The van der Waals surface area contributed by atoms with E-state index in [1.165, 1.54) is 32.1 Å². The van der Waals surface area contributed by atoms with Gasteiger partial charge in [-0.25, -0.2) is 0 Å². The van der Waals surface area contributed by atoms with Crippen LogP contribution in [0.15, 0.2) is 0 Å². The van der Waals surface area contributed by atoms with E-state index < -0.39 is 12.1 Å². The molecule has 122 valence electrons. The minimum Gasteiger partial charge on any atom is -0.314 e. The summed E-state index contributed by atoms with van der Waals surface area (Å²) in [4.78, 5) is 2.61. The fourth-order valence-electron chi connectivity index (χ4n) is 4.82. The first-order valence-corrected chi connectivity index (χ1v) is 8.55. The first-order valence-electron chi connectivity index (χ1n) is 8.55. The van der Waals surface area contributed by atoms with Gasteiger partial charge in [0.25, 0.3) is 0 Å². The van der Waals surface area contributed by atoms with Gasteiger partial charge in [-0.15, -0.1) is 0 Å². The number of piperazine rings is 1. The number of hydrogen-bond donors (Lipinski definition) is 1. The van der Waals surface area contributed by atoms with Crippen molar-refractivity contribution in [2.75, 3.05) is 19.6 Å². The summed E-state index contributed by atoms with van der Waals surface area (Å²) in [7, 11) is 0. The van der Waals surface area contributed by atoms with E-state index in [0.717, 1.165) is 32.5 Å². The maximum Gasteiger partial charge on any atom is 0.391 e. The number of hydrogen-bond acceptors (Lipinski definition) is 2. The molecule has 0 radical (unpaired) electrons. The van der Waals surface area contributed by atoms with Crippen molar-refractivity contribution in [3.05, 3.63) is 0 Å².